The molecule has 0 radical (unpaired) electrons. The molecule has 5 heteroatoms. The molecule has 0 spiro atoms. The van der Waals surface area contributed by atoms with Gasteiger partial charge in [0.05, 0.1) is 5.56 Å². The third kappa shape index (κ3) is 4.98. The van der Waals surface area contributed by atoms with Crippen LogP contribution in [0, 0.1) is 6.92 Å². The summed E-state index contributed by atoms with van der Waals surface area (Å²) < 4.78 is 34.6. The third-order valence-corrected chi connectivity index (χ3v) is 3.56. The number of carbonyl (C=O) groups is 1. The van der Waals surface area contributed by atoms with Gasteiger partial charge in [0.15, 0.2) is 0 Å². The van der Waals surface area contributed by atoms with Crippen molar-refractivity contribution >= 4 is 17.1 Å². The van der Waals surface area contributed by atoms with E-state index in [1.807, 2.05) is 19.1 Å². The number of carbonyl (C=O) groups excluding carboxylic acids is 1. The van der Waals surface area contributed by atoms with E-state index in [-0.39, 0.29) is 11.3 Å². The molecular weight excluding hydrogens is 279 g/mol. The molecule has 0 saturated heterocycles. The predicted octanol–water partition coefficient (Wildman–Crippen LogP) is 3.38. The summed E-state index contributed by atoms with van der Waals surface area (Å²) in [7, 11) is 0. The Kier molecular flexibility index (Phi) is 6.75. The van der Waals surface area contributed by atoms with E-state index < -0.39 is 17.1 Å². The van der Waals surface area contributed by atoms with E-state index in [0.717, 1.165) is 18.4 Å². The van der Waals surface area contributed by atoms with Crippen LogP contribution in [0.3, 0.4) is 0 Å². The summed E-state index contributed by atoms with van der Waals surface area (Å²) in [5.41, 5.74) is 1.82. The largest absolute Gasteiger partial charge is 0.772 e. The zero-order chi connectivity index (χ0) is 15.1. The fraction of sp³-hybridized carbons (Fsp3) is 0.400. The Labute approximate surface area is 121 Å². The first-order valence-corrected chi connectivity index (χ1v) is 7.73. The molecule has 0 saturated carbocycles. The van der Waals surface area contributed by atoms with Crippen LogP contribution in [0.4, 0.5) is 4.39 Å². The van der Waals surface area contributed by atoms with Crippen molar-refractivity contribution < 1.29 is 17.9 Å². The van der Waals surface area contributed by atoms with Crippen LogP contribution < -0.4 is 0 Å². The van der Waals surface area contributed by atoms with E-state index in [2.05, 4.69) is 0 Å². The normalized spacial score (nSPS) is 12.8. The molecule has 1 rings (SSSR count). The summed E-state index contributed by atoms with van der Waals surface area (Å²) in [4.78, 5) is 10.9. The maximum atomic E-state index is 12.9. The van der Waals surface area contributed by atoms with Crippen LogP contribution in [0.2, 0.25) is 0 Å². The van der Waals surface area contributed by atoms with E-state index in [1.165, 1.54) is 6.07 Å². The van der Waals surface area contributed by atoms with Crippen LogP contribution in [-0.4, -0.2) is 14.8 Å². The lowest BCUT2D eigenvalue weighted by molar-refractivity contribution is 0.0835. The van der Waals surface area contributed by atoms with Crippen LogP contribution in [0.1, 0.15) is 46.8 Å². The number of benzene rings is 1. The molecule has 0 N–H and O–H groups in total. The lowest BCUT2D eigenvalue weighted by Gasteiger charge is -2.13. The smallest absolute Gasteiger partial charge is 0.332 e. The van der Waals surface area contributed by atoms with Gasteiger partial charge in [-0.05, 0) is 48.9 Å². The summed E-state index contributed by atoms with van der Waals surface area (Å²) in [5, 5.41) is 0. The fourth-order valence-electron chi connectivity index (χ4n) is 2.04. The van der Waals surface area contributed by atoms with Crippen LogP contribution in [0.25, 0.3) is 0 Å². The monoisotopic (exact) mass is 297 g/mol. The predicted molar refractivity (Wildman–Crippen MR) is 77.0 cm³/mol. The van der Waals surface area contributed by atoms with Gasteiger partial charge in [-0.25, -0.2) is 0 Å². The molecule has 0 aromatic heterocycles. The maximum absolute atomic E-state index is 12.9. The third-order valence-electron chi connectivity index (χ3n) is 3.01. The molecule has 0 fully saturated rings. The first kappa shape index (κ1) is 16.7. The van der Waals surface area contributed by atoms with Crippen molar-refractivity contribution in [1.29, 1.82) is 0 Å². The molecule has 1 unspecified atom stereocenters. The Hall–Kier alpha value is -1.33. The van der Waals surface area contributed by atoms with Gasteiger partial charge in [0.1, 0.15) is 0 Å². The van der Waals surface area contributed by atoms with Gasteiger partial charge < -0.3 is 4.55 Å². The average Bonchev–Trinajstić information content (AvgIpc) is 2.36. The van der Waals surface area contributed by atoms with Gasteiger partial charge >= 0.3 is 6.04 Å². The minimum atomic E-state index is -2.27. The van der Waals surface area contributed by atoms with Crippen LogP contribution in [0.5, 0.6) is 0 Å². The fourth-order valence-corrected chi connectivity index (χ4v) is 2.56. The molecule has 110 valence electrons. The number of hydrogen-bond acceptors (Lipinski definition) is 3. The molecule has 1 aromatic carbocycles. The first-order chi connectivity index (χ1) is 9.45. The molecule has 1 aromatic rings. The number of hydrogen-bond donors (Lipinski definition) is 0. The van der Waals surface area contributed by atoms with E-state index in [1.54, 1.807) is 13.0 Å². The standard InChI is InChI=1S/C15H19FO3S/c1-3-4-5-6-7-12-8-11(2)14(15(16)17)9-13(12)10-20(18)19/h4-5,8-9H,3,6-7,10H2,1-2H3,(H,18,19)/p-1. The van der Waals surface area contributed by atoms with Crippen molar-refractivity contribution in [3.8, 4) is 0 Å². The van der Waals surface area contributed by atoms with Crippen molar-refractivity contribution in [2.75, 3.05) is 0 Å². The molecule has 0 heterocycles. The highest BCUT2D eigenvalue weighted by atomic mass is 32.2. The van der Waals surface area contributed by atoms with Crippen LogP contribution >= 0.6 is 0 Å². The van der Waals surface area contributed by atoms with E-state index in [9.17, 15) is 17.9 Å². The summed E-state index contributed by atoms with van der Waals surface area (Å²) in [6, 6.07) is 1.53. The Bertz CT molecular complexity index is 538. The zero-order valence-corrected chi connectivity index (χ0v) is 12.5. The molecular formula is C15H18FO3S-. The average molecular weight is 297 g/mol. The van der Waals surface area contributed by atoms with Gasteiger partial charge in [-0.15, -0.1) is 0 Å². The highest BCUT2D eigenvalue weighted by molar-refractivity contribution is 7.78. The van der Waals surface area contributed by atoms with Crippen molar-refractivity contribution in [2.24, 2.45) is 0 Å². The zero-order valence-electron chi connectivity index (χ0n) is 11.6. The van der Waals surface area contributed by atoms with Crippen molar-refractivity contribution in [2.45, 2.75) is 38.9 Å². The molecule has 3 nitrogen and oxygen atoms in total. The molecule has 0 aliphatic rings. The molecule has 0 amide bonds. The van der Waals surface area contributed by atoms with Crippen molar-refractivity contribution in [3.05, 3.63) is 46.5 Å². The molecule has 20 heavy (non-hydrogen) atoms. The van der Waals surface area contributed by atoms with Crippen molar-refractivity contribution in [1.82, 2.24) is 0 Å². The summed E-state index contributed by atoms with van der Waals surface area (Å²) in [5.74, 6) is -0.201. The maximum Gasteiger partial charge on any atom is 0.332 e. The molecule has 0 aliphatic heterocycles. The minimum absolute atomic E-state index is 0.0571. The van der Waals surface area contributed by atoms with Crippen LogP contribution in [-0.2, 0) is 23.3 Å². The lowest BCUT2D eigenvalue weighted by atomic mass is 9.97. The number of allylic oxidation sites excluding steroid dienone is 2. The second-order valence-corrected chi connectivity index (χ2v) is 5.47. The molecule has 1 atom stereocenters. The summed E-state index contributed by atoms with van der Waals surface area (Å²) in [6.07, 6.45) is 6.48. The second-order valence-electron chi connectivity index (χ2n) is 4.58. The van der Waals surface area contributed by atoms with Crippen LogP contribution in [0.15, 0.2) is 24.3 Å². The lowest BCUT2D eigenvalue weighted by Crippen LogP contribution is -2.04. The topological polar surface area (TPSA) is 57.2 Å². The highest BCUT2D eigenvalue weighted by Crippen LogP contribution is 2.20. The van der Waals surface area contributed by atoms with Gasteiger partial charge in [0, 0.05) is 5.75 Å². The van der Waals surface area contributed by atoms with E-state index >= 15 is 0 Å². The first-order valence-electron chi connectivity index (χ1n) is 6.48. The van der Waals surface area contributed by atoms with E-state index in [4.69, 9.17) is 0 Å². The Morgan fingerprint density at radius 2 is 2.05 bits per heavy atom. The Morgan fingerprint density at radius 3 is 2.60 bits per heavy atom. The molecule has 0 aliphatic carbocycles. The number of aryl methyl sites for hydroxylation is 2. The number of halogens is 1. The van der Waals surface area contributed by atoms with E-state index in [0.29, 0.717) is 17.5 Å². The van der Waals surface area contributed by atoms with Gasteiger partial charge in [-0.1, -0.05) is 36.2 Å². The van der Waals surface area contributed by atoms with Gasteiger partial charge in [0.25, 0.3) is 0 Å². The summed E-state index contributed by atoms with van der Waals surface area (Å²) >= 11 is -2.27. The SMILES string of the molecule is CCC=CCCc1cc(C)c(C(=O)F)cc1CS(=O)[O-]. The quantitative estimate of drug-likeness (QED) is 0.440. The Morgan fingerprint density at radius 1 is 1.35 bits per heavy atom. The molecule has 0 bridgehead atoms. The van der Waals surface area contributed by atoms with Gasteiger partial charge in [-0.3, -0.25) is 9.00 Å². The highest BCUT2D eigenvalue weighted by Gasteiger charge is 2.12. The number of rotatable bonds is 7. The van der Waals surface area contributed by atoms with Gasteiger partial charge in [-0.2, -0.15) is 4.39 Å². The van der Waals surface area contributed by atoms with Gasteiger partial charge in [0.2, 0.25) is 0 Å². The Balaban J connectivity index is 3.06. The summed E-state index contributed by atoms with van der Waals surface area (Å²) in [6.45, 7) is 3.68. The second kappa shape index (κ2) is 8.07. The van der Waals surface area contributed by atoms with Crippen molar-refractivity contribution in [3.63, 3.8) is 0 Å². The minimum Gasteiger partial charge on any atom is -0.772 e.